The minimum absolute atomic E-state index is 0.653. The van der Waals surface area contributed by atoms with Gasteiger partial charge in [-0.25, -0.2) is 0 Å². The van der Waals surface area contributed by atoms with Crippen molar-refractivity contribution in [3.63, 3.8) is 0 Å². The Balaban J connectivity index is 2.25. The molecule has 0 saturated heterocycles. The van der Waals surface area contributed by atoms with Gasteiger partial charge in [-0.3, -0.25) is 0 Å². The normalized spacial score (nSPS) is 12.7. The summed E-state index contributed by atoms with van der Waals surface area (Å²) in [5.74, 6) is 0. The zero-order chi connectivity index (χ0) is 12.7. The van der Waals surface area contributed by atoms with Crippen LogP contribution in [-0.2, 0) is 12.8 Å². The maximum atomic E-state index is 9.54. The van der Waals surface area contributed by atoms with Crippen LogP contribution in [0.25, 0.3) is 11.1 Å². The van der Waals surface area contributed by atoms with Gasteiger partial charge in [0.15, 0.2) is 6.29 Å². The van der Waals surface area contributed by atoms with E-state index in [1.165, 1.54) is 11.1 Å². The van der Waals surface area contributed by atoms with Crippen LogP contribution in [0.15, 0.2) is 36.4 Å². The molecule has 2 heteroatoms. The summed E-state index contributed by atoms with van der Waals surface area (Å²) in [6, 6.07) is 12.4. The first-order valence-electron chi connectivity index (χ1n) is 6.30. The summed E-state index contributed by atoms with van der Waals surface area (Å²) in [4.78, 5) is 0. The van der Waals surface area contributed by atoms with Gasteiger partial charge in [0, 0.05) is 5.56 Å². The fourth-order valence-corrected chi connectivity index (χ4v) is 2.76. The van der Waals surface area contributed by atoms with Gasteiger partial charge in [0.25, 0.3) is 0 Å². The SMILES string of the molecule is CCc1cc2c(c(C(O)O)c1)Cc1ccccc1-2. The minimum atomic E-state index is -1.39. The summed E-state index contributed by atoms with van der Waals surface area (Å²) < 4.78 is 0. The van der Waals surface area contributed by atoms with Gasteiger partial charge in [0.2, 0.25) is 0 Å². The van der Waals surface area contributed by atoms with E-state index in [0.29, 0.717) is 5.56 Å². The average molecular weight is 240 g/mol. The summed E-state index contributed by atoms with van der Waals surface area (Å²) in [7, 11) is 0. The molecule has 2 N–H and O–H groups in total. The smallest absolute Gasteiger partial charge is 0.178 e. The Hall–Kier alpha value is -1.64. The molecule has 0 fully saturated rings. The van der Waals surface area contributed by atoms with Crippen molar-refractivity contribution in [2.75, 3.05) is 0 Å². The Labute approximate surface area is 107 Å². The topological polar surface area (TPSA) is 40.5 Å². The van der Waals surface area contributed by atoms with E-state index in [1.807, 2.05) is 18.2 Å². The van der Waals surface area contributed by atoms with Gasteiger partial charge in [-0.2, -0.15) is 0 Å². The number of fused-ring (bicyclic) bond motifs is 3. The molecule has 0 saturated carbocycles. The maximum absolute atomic E-state index is 9.54. The predicted octanol–water partition coefficient (Wildman–Crippen LogP) is 2.80. The molecule has 2 nitrogen and oxygen atoms in total. The van der Waals surface area contributed by atoms with E-state index in [1.54, 1.807) is 0 Å². The highest BCUT2D eigenvalue weighted by atomic mass is 16.5. The van der Waals surface area contributed by atoms with Crippen molar-refractivity contribution in [3.8, 4) is 11.1 Å². The number of aryl methyl sites for hydroxylation is 1. The van der Waals surface area contributed by atoms with Gasteiger partial charge in [-0.1, -0.05) is 43.3 Å². The Kier molecular flexibility index (Phi) is 2.69. The van der Waals surface area contributed by atoms with Gasteiger partial charge in [0.1, 0.15) is 0 Å². The summed E-state index contributed by atoms with van der Waals surface area (Å²) in [5.41, 5.74) is 6.51. The van der Waals surface area contributed by atoms with Crippen molar-refractivity contribution in [3.05, 3.63) is 58.7 Å². The summed E-state index contributed by atoms with van der Waals surface area (Å²) in [5, 5.41) is 19.1. The lowest BCUT2D eigenvalue weighted by Crippen LogP contribution is -2.02. The van der Waals surface area contributed by atoms with Crippen molar-refractivity contribution in [1.82, 2.24) is 0 Å². The lowest BCUT2D eigenvalue weighted by molar-refractivity contribution is -0.0430. The highest BCUT2D eigenvalue weighted by Gasteiger charge is 2.23. The molecule has 3 rings (SSSR count). The molecule has 0 unspecified atom stereocenters. The second kappa shape index (κ2) is 4.23. The number of aliphatic hydroxyl groups excluding tert-OH is 1. The highest BCUT2D eigenvalue weighted by Crippen LogP contribution is 2.40. The first-order valence-corrected chi connectivity index (χ1v) is 6.30. The molecule has 0 spiro atoms. The monoisotopic (exact) mass is 240 g/mol. The number of aliphatic hydroxyl groups is 2. The molecule has 0 aromatic heterocycles. The molecular weight excluding hydrogens is 224 g/mol. The van der Waals surface area contributed by atoms with Crippen LogP contribution in [0.4, 0.5) is 0 Å². The average Bonchev–Trinajstić information content (AvgIpc) is 2.75. The van der Waals surface area contributed by atoms with Crippen LogP contribution in [0, 0.1) is 0 Å². The number of hydrogen-bond donors (Lipinski definition) is 2. The van der Waals surface area contributed by atoms with Crippen molar-refractivity contribution >= 4 is 0 Å². The van der Waals surface area contributed by atoms with Crippen molar-refractivity contribution in [1.29, 1.82) is 0 Å². The number of benzene rings is 2. The lowest BCUT2D eigenvalue weighted by Gasteiger charge is -2.13. The van der Waals surface area contributed by atoms with Crippen molar-refractivity contribution in [2.45, 2.75) is 26.1 Å². The van der Waals surface area contributed by atoms with Crippen LogP contribution >= 0.6 is 0 Å². The molecule has 1 aliphatic carbocycles. The molecule has 0 bridgehead atoms. The Morgan fingerprint density at radius 2 is 1.89 bits per heavy atom. The second-order valence-electron chi connectivity index (χ2n) is 4.77. The van der Waals surface area contributed by atoms with Gasteiger partial charge in [-0.15, -0.1) is 0 Å². The Morgan fingerprint density at radius 1 is 1.11 bits per heavy atom. The Bertz CT molecular complexity index is 600. The molecule has 92 valence electrons. The van der Waals surface area contributed by atoms with Crippen LogP contribution in [0.1, 0.15) is 35.5 Å². The fourth-order valence-electron chi connectivity index (χ4n) is 2.76. The van der Waals surface area contributed by atoms with Crippen LogP contribution in [0.2, 0.25) is 0 Å². The van der Waals surface area contributed by atoms with Crippen LogP contribution < -0.4 is 0 Å². The molecule has 0 radical (unpaired) electrons. The first kappa shape index (κ1) is 11.5. The summed E-state index contributed by atoms with van der Waals surface area (Å²) >= 11 is 0. The number of rotatable bonds is 2. The molecule has 2 aromatic carbocycles. The third-order valence-corrected chi connectivity index (χ3v) is 3.71. The van der Waals surface area contributed by atoms with Crippen LogP contribution in [-0.4, -0.2) is 10.2 Å². The Morgan fingerprint density at radius 3 is 2.61 bits per heavy atom. The van der Waals surface area contributed by atoms with E-state index >= 15 is 0 Å². The molecule has 2 aromatic rings. The molecule has 0 atom stereocenters. The summed E-state index contributed by atoms with van der Waals surface area (Å²) in [6.45, 7) is 2.08. The van der Waals surface area contributed by atoms with Crippen LogP contribution in [0.5, 0.6) is 0 Å². The molecule has 0 amide bonds. The third kappa shape index (κ3) is 1.65. The van der Waals surface area contributed by atoms with Crippen LogP contribution in [0.3, 0.4) is 0 Å². The van der Waals surface area contributed by atoms with E-state index in [4.69, 9.17) is 0 Å². The van der Waals surface area contributed by atoms with E-state index in [0.717, 1.165) is 29.5 Å². The largest absolute Gasteiger partial charge is 0.364 e. The standard InChI is InChI=1S/C16H16O2/c1-2-10-7-13-12-6-4-3-5-11(12)9-14(13)15(8-10)16(17)18/h3-8,16-18H,2,9H2,1H3. The van der Waals surface area contributed by atoms with E-state index < -0.39 is 6.29 Å². The fraction of sp³-hybridized carbons (Fsp3) is 0.250. The quantitative estimate of drug-likeness (QED) is 0.676. The predicted molar refractivity (Wildman–Crippen MR) is 71.2 cm³/mol. The molecular formula is C16H16O2. The second-order valence-corrected chi connectivity index (χ2v) is 4.77. The third-order valence-electron chi connectivity index (χ3n) is 3.71. The van der Waals surface area contributed by atoms with Gasteiger partial charge < -0.3 is 10.2 Å². The van der Waals surface area contributed by atoms with Gasteiger partial charge in [-0.05, 0) is 40.7 Å². The van der Waals surface area contributed by atoms with Gasteiger partial charge >= 0.3 is 0 Å². The molecule has 0 heterocycles. The molecule has 1 aliphatic rings. The van der Waals surface area contributed by atoms with Crippen molar-refractivity contribution < 1.29 is 10.2 Å². The van der Waals surface area contributed by atoms with Crippen molar-refractivity contribution in [2.24, 2.45) is 0 Å². The maximum Gasteiger partial charge on any atom is 0.178 e. The van der Waals surface area contributed by atoms with E-state index in [-0.39, 0.29) is 0 Å². The number of hydrogen-bond acceptors (Lipinski definition) is 2. The summed E-state index contributed by atoms with van der Waals surface area (Å²) in [6.07, 6.45) is 0.303. The first-order chi connectivity index (χ1) is 8.70. The molecule has 18 heavy (non-hydrogen) atoms. The van der Waals surface area contributed by atoms with Gasteiger partial charge in [0.05, 0.1) is 0 Å². The highest BCUT2D eigenvalue weighted by molar-refractivity contribution is 5.78. The zero-order valence-corrected chi connectivity index (χ0v) is 10.4. The van der Waals surface area contributed by atoms with E-state index in [9.17, 15) is 10.2 Å². The van der Waals surface area contributed by atoms with E-state index in [2.05, 4.69) is 25.1 Å². The minimum Gasteiger partial charge on any atom is -0.364 e. The lowest BCUT2D eigenvalue weighted by atomic mass is 9.96. The zero-order valence-electron chi connectivity index (χ0n) is 10.4. The molecule has 0 aliphatic heterocycles.